The highest BCUT2D eigenvalue weighted by Gasteiger charge is 2.28. The molecule has 0 atom stereocenters. The Kier molecular flexibility index (Phi) is 11.0. The second-order valence-electron chi connectivity index (χ2n) is 7.06. The summed E-state index contributed by atoms with van der Waals surface area (Å²) < 4.78 is 11.1. The number of morpholine rings is 1. The average molecular weight is 490 g/mol. The van der Waals surface area contributed by atoms with E-state index in [0.717, 1.165) is 57.5 Å². The van der Waals surface area contributed by atoms with Crippen LogP contribution in [0.3, 0.4) is 0 Å². The van der Waals surface area contributed by atoms with E-state index in [9.17, 15) is 0 Å². The highest BCUT2D eigenvalue weighted by Crippen LogP contribution is 2.18. The number of hydrogen-bond donors (Lipinski definition) is 2. The first-order valence-corrected chi connectivity index (χ1v) is 9.55. The molecular formula is C20H35IN4O2. The number of benzene rings is 1. The minimum Gasteiger partial charge on any atom is -0.494 e. The average Bonchev–Trinajstić information content (AvgIpc) is 2.66. The number of ether oxygens (including phenoxy) is 2. The molecule has 0 bridgehead atoms. The SMILES string of the molecule is CCOc1ccccc1CCNC(=NC)NCC(C)(C)N1CCOCC1.I. The number of para-hydroxylation sites is 1. The van der Waals surface area contributed by atoms with Crippen molar-refractivity contribution in [1.82, 2.24) is 15.5 Å². The third kappa shape index (κ3) is 7.83. The van der Waals surface area contributed by atoms with Crippen LogP contribution in [0, 0.1) is 0 Å². The molecule has 7 heteroatoms. The number of aliphatic imine (C=N–C) groups is 1. The molecule has 1 aromatic carbocycles. The number of hydrogen-bond acceptors (Lipinski definition) is 4. The molecule has 0 radical (unpaired) electrons. The summed E-state index contributed by atoms with van der Waals surface area (Å²) in [6, 6.07) is 8.20. The van der Waals surface area contributed by atoms with Gasteiger partial charge in [0.1, 0.15) is 5.75 Å². The molecule has 0 amide bonds. The topological polar surface area (TPSA) is 58.1 Å². The monoisotopic (exact) mass is 490 g/mol. The van der Waals surface area contributed by atoms with Crippen molar-refractivity contribution in [1.29, 1.82) is 0 Å². The molecule has 1 fully saturated rings. The van der Waals surface area contributed by atoms with Crippen molar-refractivity contribution in [2.45, 2.75) is 32.7 Å². The van der Waals surface area contributed by atoms with Gasteiger partial charge in [-0.05, 0) is 38.8 Å². The van der Waals surface area contributed by atoms with Gasteiger partial charge in [0.15, 0.2) is 5.96 Å². The Labute approximate surface area is 181 Å². The summed E-state index contributed by atoms with van der Waals surface area (Å²) in [7, 11) is 1.81. The molecule has 0 aliphatic carbocycles. The van der Waals surface area contributed by atoms with Crippen molar-refractivity contribution in [2.75, 3.05) is 53.0 Å². The van der Waals surface area contributed by atoms with E-state index in [-0.39, 0.29) is 29.5 Å². The fraction of sp³-hybridized carbons (Fsp3) is 0.650. The molecule has 1 saturated heterocycles. The van der Waals surface area contributed by atoms with Crippen molar-refractivity contribution in [2.24, 2.45) is 4.99 Å². The molecule has 6 nitrogen and oxygen atoms in total. The Hall–Kier alpha value is -1.06. The van der Waals surface area contributed by atoms with Crippen molar-refractivity contribution < 1.29 is 9.47 Å². The number of rotatable bonds is 8. The van der Waals surface area contributed by atoms with Crippen molar-refractivity contribution >= 4 is 29.9 Å². The molecule has 2 N–H and O–H groups in total. The van der Waals surface area contributed by atoms with Crippen LogP contribution >= 0.6 is 24.0 Å². The van der Waals surface area contributed by atoms with Gasteiger partial charge in [-0.25, -0.2) is 0 Å². The number of guanidine groups is 1. The lowest BCUT2D eigenvalue weighted by Gasteiger charge is -2.41. The molecule has 1 aromatic rings. The van der Waals surface area contributed by atoms with Crippen LogP contribution in [-0.4, -0.2) is 69.4 Å². The first-order valence-electron chi connectivity index (χ1n) is 9.55. The van der Waals surface area contributed by atoms with Gasteiger partial charge in [0, 0.05) is 38.8 Å². The van der Waals surface area contributed by atoms with Gasteiger partial charge in [0.05, 0.1) is 19.8 Å². The third-order valence-electron chi connectivity index (χ3n) is 4.74. The smallest absolute Gasteiger partial charge is 0.191 e. The van der Waals surface area contributed by atoms with Gasteiger partial charge in [-0.3, -0.25) is 9.89 Å². The molecule has 0 aromatic heterocycles. The van der Waals surface area contributed by atoms with E-state index in [4.69, 9.17) is 9.47 Å². The molecule has 2 rings (SSSR count). The van der Waals surface area contributed by atoms with E-state index in [1.165, 1.54) is 5.56 Å². The fourth-order valence-corrected chi connectivity index (χ4v) is 3.12. The zero-order valence-corrected chi connectivity index (χ0v) is 19.4. The lowest BCUT2D eigenvalue weighted by molar-refractivity contribution is -0.00833. The van der Waals surface area contributed by atoms with Gasteiger partial charge in [0.2, 0.25) is 0 Å². The highest BCUT2D eigenvalue weighted by molar-refractivity contribution is 14.0. The maximum Gasteiger partial charge on any atom is 0.191 e. The molecule has 1 aliphatic heterocycles. The number of nitrogens with zero attached hydrogens (tertiary/aromatic N) is 2. The van der Waals surface area contributed by atoms with Gasteiger partial charge >= 0.3 is 0 Å². The van der Waals surface area contributed by atoms with Crippen molar-refractivity contribution in [3.63, 3.8) is 0 Å². The lowest BCUT2D eigenvalue weighted by Crippen LogP contribution is -2.56. The van der Waals surface area contributed by atoms with Crippen LogP contribution in [0.5, 0.6) is 5.75 Å². The number of nitrogens with one attached hydrogen (secondary N) is 2. The third-order valence-corrected chi connectivity index (χ3v) is 4.74. The Balaban J connectivity index is 0.00000364. The molecule has 1 aliphatic rings. The van der Waals surface area contributed by atoms with Crippen molar-refractivity contribution in [3.8, 4) is 5.75 Å². The second kappa shape index (κ2) is 12.4. The Morgan fingerprint density at radius 3 is 2.59 bits per heavy atom. The molecule has 154 valence electrons. The lowest BCUT2D eigenvalue weighted by atomic mass is 10.0. The van der Waals surface area contributed by atoms with E-state index in [1.54, 1.807) is 0 Å². The molecule has 1 heterocycles. The Bertz CT molecular complexity index is 575. The summed E-state index contributed by atoms with van der Waals surface area (Å²) in [5.41, 5.74) is 1.27. The quantitative estimate of drug-likeness (QED) is 0.333. The van der Waals surface area contributed by atoms with Gasteiger partial charge in [-0.15, -0.1) is 24.0 Å². The van der Waals surface area contributed by atoms with Crippen LogP contribution in [0.4, 0.5) is 0 Å². The van der Waals surface area contributed by atoms with Crippen molar-refractivity contribution in [3.05, 3.63) is 29.8 Å². The first-order chi connectivity index (χ1) is 12.6. The summed E-state index contributed by atoms with van der Waals surface area (Å²) in [6.45, 7) is 12.5. The Morgan fingerprint density at radius 1 is 1.22 bits per heavy atom. The number of halogens is 1. The first kappa shape index (κ1) is 24.0. The van der Waals surface area contributed by atoms with Crippen LogP contribution in [0.15, 0.2) is 29.3 Å². The minimum absolute atomic E-state index is 0. The largest absolute Gasteiger partial charge is 0.494 e. The van der Waals surface area contributed by atoms with Crippen LogP contribution in [0.25, 0.3) is 0 Å². The van der Waals surface area contributed by atoms with Crippen LogP contribution in [-0.2, 0) is 11.2 Å². The van der Waals surface area contributed by atoms with E-state index < -0.39 is 0 Å². The molecular weight excluding hydrogens is 455 g/mol. The normalized spacial score (nSPS) is 15.8. The second-order valence-corrected chi connectivity index (χ2v) is 7.06. The minimum atomic E-state index is 0. The van der Waals surface area contributed by atoms with Gasteiger partial charge in [0.25, 0.3) is 0 Å². The van der Waals surface area contributed by atoms with E-state index >= 15 is 0 Å². The summed E-state index contributed by atoms with van der Waals surface area (Å²) in [5, 5.41) is 6.86. The molecule has 0 unspecified atom stereocenters. The van der Waals surface area contributed by atoms with Crippen LogP contribution in [0.2, 0.25) is 0 Å². The zero-order valence-electron chi connectivity index (χ0n) is 17.1. The highest BCUT2D eigenvalue weighted by atomic mass is 127. The van der Waals surface area contributed by atoms with Gasteiger partial charge in [-0.2, -0.15) is 0 Å². The summed E-state index contributed by atoms with van der Waals surface area (Å²) in [4.78, 5) is 6.81. The fourth-order valence-electron chi connectivity index (χ4n) is 3.12. The molecule has 0 spiro atoms. The predicted octanol–water partition coefficient (Wildman–Crippen LogP) is 2.52. The van der Waals surface area contributed by atoms with Crippen LogP contribution < -0.4 is 15.4 Å². The summed E-state index contributed by atoms with van der Waals surface area (Å²) in [5.74, 6) is 1.80. The summed E-state index contributed by atoms with van der Waals surface area (Å²) >= 11 is 0. The van der Waals surface area contributed by atoms with Gasteiger partial charge < -0.3 is 20.1 Å². The molecule has 27 heavy (non-hydrogen) atoms. The molecule has 0 saturated carbocycles. The maximum atomic E-state index is 5.69. The standard InChI is InChI=1S/C20H34N4O2.HI/c1-5-26-18-9-7-6-8-17(18)10-11-22-19(21-4)23-16-20(2,3)24-12-14-25-15-13-24;/h6-9H,5,10-16H2,1-4H3,(H2,21,22,23);1H. The van der Waals surface area contributed by atoms with E-state index in [1.807, 2.05) is 26.1 Å². The zero-order chi connectivity index (χ0) is 18.8. The van der Waals surface area contributed by atoms with E-state index in [0.29, 0.717) is 6.61 Å². The van der Waals surface area contributed by atoms with Gasteiger partial charge in [-0.1, -0.05) is 18.2 Å². The predicted molar refractivity (Wildman–Crippen MR) is 123 cm³/mol. The van der Waals surface area contributed by atoms with E-state index in [2.05, 4.69) is 46.5 Å². The summed E-state index contributed by atoms with van der Waals surface area (Å²) in [6.07, 6.45) is 0.893. The Morgan fingerprint density at radius 2 is 1.93 bits per heavy atom. The maximum absolute atomic E-state index is 5.69. The van der Waals surface area contributed by atoms with Crippen LogP contribution in [0.1, 0.15) is 26.3 Å².